The molecule has 0 radical (unpaired) electrons. The Morgan fingerprint density at radius 1 is 1.07 bits per heavy atom. The van der Waals surface area contributed by atoms with Gasteiger partial charge in [-0.1, -0.05) is 11.6 Å². The van der Waals surface area contributed by atoms with Crippen molar-refractivity contribution in [3.05, 3.63) is 69.1 Å². The number of hydrogen-bond acceptors (Lipinski definition) is 5. The van der Waals surface area contributed by atoms with Crippen LogP contribution in [0.15, 0.2) is 48.5 Å². The molecule has 1 aromatic heterocycles. The zero-order valence-electron chi connectivity index (χ0n) is 16.3. The largest absolute Gasteiger partial charge is 0.486 e. The number of carbonyl (C=O) groups is 2. The standard InChI is InChI=1S/C22H20ClN3O3S/c1-13-20(30-19(24-13)12-29-18-10-4-15(23)5-11-18)22(28)26-17-8-6-16(7-9-17)25-21(27)14-2-3-14/h4-11,14H,2-3,12H2,1H3,(H,25,27)(H,26,28). The number of aryl methyl sites for hydroxylation is 1. The third kappa shape index (κ3) is 5.17. The molecule has 2 aromatic carbocycles. The molecule has 1 aliphatic rings. The quantitative estimate of drug-likeness (QED) is 0.522. The Labute approximate surface area is 183 Å². The molecule has 0 bridgehead atoms. The van der Waals surface area contributed by atoms with Crippen LogP contribution >= 0.6 is 22.9 Å². The summed E-state index contributed by atoms with van der Waals surface area (Å²) in [4.78, 5) is 29.4. The highest BCUT2D eigenvalue weighted by molar-refractivity contribution is 7.13. The van der Waals surface area contributed by atoms with Crippen molar-refractivity contribution in [2.45, 2.75) is 26.4 Å². The summed E-state index contributed by atoms with van der Waals surface area (Å²) >= 11 is 7.17. The molecular formula is C22H20ClN3O3S. The van der Waals surface area contributed by atoms with Crippen molar-refractivity contribution >= 4 is 46.1 Å². The first-order chi connectivity index (χ1) is 14.5. The smallest absolute Gasteiger partial charge is 0.267 e. The third-order valence-electron chi connectivity index (χ3n) is 4.58. The first-order valence-electron chi connectivity index (χ1n) is 9.55. The minimum absolute atomic E-state index is 0.0559. The van der Waals surface area contributed by atoms with Crippen molar-refractivity contribution in [3.8, 4) is 5.75 Å². The number of anilines is 2. The molecule has 30 heavy (non-hydrogen) atoms. The molecule has 3 aromatic rings. The first-order valence-corrected chi connectivity index (χ1v) is 10.7. The van der Waals surface area contributed by atoms with Gasteiger partial charge in [-0.25, -0.2) is 4.98 Å². The van der Waals surface area contributed by atoms with Crippen LogP contribution in [0.1, 0.15) is 33.2 Å². The van der Waals surface area contributed by atoms with Gasteiger partial charge in [-0.05, 0) is 68.3 Å². The van der Waals surface area contributed by atoms with E-state index in [1.54, 1.807) is 55.5 Å². The van der Waals surface area contributed by atoms with Gasteiger partial charge in [0, 0.05) is 22.3 Å². The van der Waals surface area contributed by atoms with Gasteiger partial charge in [0.05, 0.1) is 5.69 Å². The van der Waals surface area contributed by atoms with Crippen molar-refractivity contribution in [3.63, 3.8) is 0 Å². The van der Waals surface area contributed by atoms with Crippen LogP contribution in [0.3, 0.4) is 0 Å². The first kappa shape index (κ1) is 20.4. The van der Waals surface area contributed by atoms with E-state index in [0.717, 1.165) is 18.5 Å². The van der Waals surface area contributed by atoms with Crippen molar-refractivity contribution in [1.82, 2.24) is 4.98 Å². The number of benzene rings is 2. The van der Waals surface area contributed by atoms with Gasteiger partial charge in [-0.2, -0.15) is 0 Å². The highest BCUT2D eigenvalue weighted by Gasteiger charge is 2.29. The lowest BCUT2D eigenvalue weighted by Crippen LogP contribution is -2.14. The number of nitrogens with one attached hydrogen (secondary N) is 2. The average Bonchev–Trinajstić information content (AvgIpc) is 3.52. The van der Waals surface area contributed by atoms with Crippen molar-refractivity contribution in [2.75, 3.05) is 10.6 Å². The lowest BCUT2D eigenvalue weighted by atomic mass is 10.2. The Morgan fingerprint density at radius 3 is 2.33 bits per heavy atom. The predicted molar refractivity (Wildman–Crippen MR) is 118 cm³/mol. The summed E-state index contributed by atoms with van der Waals surface area (Å²) in [6, 6.07) is 14.2. The molecule has 6 nitrogen and oxygen atoms in total. The Kier molecular flexibility index (Phi) is 6.01. The van der Waals surface area contributed by atoms with Gasteiger partial charge in [-0.15, -0.1) is 11.3 Å². The van der Waals surface area contributed by atoms with Gasteiger partial charge in [0.25, 0.3) is 5.91 Å². The molecule has 0 atom stereocenters. The highest BCUT2D eigenvalue weighted by Crippen LogP contribution is 2.30. The minimum atomic E-state index is -0.225. The maximum Gasteiger partial charge on any atom is 0.267 e. The van der Waals surface area contributed by atoms with E-state index >= 15 is 0 Å². The van der Waals surface area contributed by atoms with Gasteiger partial charge < -0.3 is 15.4 Å². The lowest BCUT2D eigenvalue weighted by molar-refractivity contribution is -0.117. The Bertz CT molecular complexity index is 1060. The van der Waals surface area contributed by atoms with Gasteiger partial charge in [0.1, 0.15) is 22.2 Å². The summed E-state index contributed by atoms with van der Waals surface area (Å²) in [5.41, 5.74) is 2.03. The SMILES string of the molecule is Cc1nc(COc2ccc(Cl)cc2)sc1C(=O)Nc1ccc(NC(=O)C2CC2)cc1. The number of ether oxygens (including phenoxy) is 1. The summed E-state index contributed by atoms with van der Waals surface area (Å²) in [7, 11) is 0. The molecule has 0 aliphatic heterocycles. The van der Waals surface area contributed by atoms with Crippen LogP contribution in [0.4, 0.5) is 11.4 Å². The summed E-state index contributed by atoms with van der Waals surface area (Å²) in [6.45, 7) is 2.07. The van der Waals surface area contributed by atoms with E-state index in [1.807, 2.05) is 0 Å². The van der Waals surface area contributed by atoms with Crippen LogP contribution in [-0.2, 0) is 11.4 Å². The summed E-state index contributed by atoms with van der Waals surface area (Å²) in [6.07, 6.45) is 1.92. The second-order valence-electron chi connectivity index (χ2n) is 7.06. The molecular weight excluding hydrogens is 422 g/mol. The fraction of sp³-hybridized carbons (Fsp3) is 0.227. The van der Waals surface area contributed by atoms with Crippen LogP contribution in [0.25, 0.3) is 0 Å². The zero-order valence-corrected chi connectivity index (χ0v) is 17.8. The van der Waals surface area contributed by atoms with E-state index < -0.39 is 0 Å². The van der Waals surface area contributed by atoms with Crippen LogP contribution in [-0.4, -0.2) is 16.8 Å². The van der Waals surface area contributed by atoms with E-state index in [9.17, 15) is 9.59 Å². The molecule has 0 saturated heterocycles. The predicted octanol–water partition coefficient (Wildman–Crippen LogP) is 5.28. The second kappa shape index (κ2) is 8.85. The van der Waals surface area contributed by atoms with E-state index in [4.69, 9.17) is 16.3 Å². The van der Waals surface area contributed by atoms with E-state index in [-0.39, 0.29) is 24.3 Å². The van der Waals surface area contributed by atoms with Crippen LogP contribution in [0, 0.1) is 12.8 Å². The van der Waals surface area contributed by atoms with Gasteiger partial charge in [0.2, 0.25) is 5.91 Å². The van der Waals surface area contributed by atoms with Crippen molar-refractivity contribution < 1.29 is 14.3 Å². The topological polar surface area (TPSA) is 80.3 Å². The lowest BCUT2D eigenvalue weighted by Gasteiger charge is -2.07. The summed E-state index contributed by atoms with van der Waals surface area (Å²) < 4.78 is 5.70. The number of nitrogens with zero attached hydrogens (tertiary/aromatic N) is 1. The minimum Gasteiger partial charge on any atom is -0.486 e. The molecule has 1 saturated carbocycles. The second-order valence-corrected chi connectivity index (χ2v) is 8.58. The molecule has 2 amide bonds. The van der Waals surface area contributed by atoms with Crippen LogP contribution in [0.5, 0.6) is 5.75 Å². The monoisotopic (exact) mass is 441 g/mol. The number of hydrogen-bond donors (Lipinski definition) is 2. The Balaban J connectivity index is 1.34. The van der Waals surface area contributed by atoms with Crippen LogP contribution in [0.2, 0.25) is 5.02 Å². The maximum atomic E-state index is 12.7. The van der Waals surface area contributed by atoms with Gasteiger partial charge in [-0.3, -0.25) is 9.59 Å². The molecule has 1 aliphatic carbocycles. The van der Waals surface area contributed by atoms with Gasteiger partial charge in [0.15, 0.2) is 0 Å². The number of halogens is 1. The van der Waals surface area contributed by atoms with Crippen molar-refractivity contribution in [1.29, 1.82) is 0 Å². The maximum absolute atomic E-state index is 12.7. The number of rotatable bonds is 7. The molecule has 4 rings (SSSR count). The Morgan fingerprint density at radius 2 is 1.70 bits per heavy atom. The molecule has 0 unspecified atom stereocenters. The average molecular weight is 442 g/mol. The summed E-state index contributed by atoms with van der Waals surface area (Å²) in [5, 5.41) is 7.11. The number of aromatic nitrogens is 1. The molecule has 8 heteroatoms. The van der Waals surface area contributed by atoms with E-state index in [1.165, 1.54) is 11.3 Å². The number of amides is 2. The molecule has 0 spiro atoms. The third-order valence-corrected chi connectivity index (χ3v) is 5.96. The fourth-order valence-electron chi connectivity index (χ4n) is 2.82. The normalized spacial score (nSPS) is 13.0. The molecule has 2 N–H and O–H groups in total. The van der Waals surface area contributed by atoms with Crippen LogP contribution < -0.4 is 15.4 Å². The number of carbonyl (C=O) groups excluding carboxylic acids is 2. The zero-order chi connectivity index (χ0) is 21.1. The molecule has 1 heterocycles. The number of thiazole rings is 1. The fourth-order valence-corrected chi connectivity index (χ4v) is 3.81. The van der Waals surface area contributed by atoms with Gasteiger partial charge >= 0.3 is 0 Å². The van der Waals surface area contributed by atoms with Crippen molar-refractivity contribution in [2.24, 2.45) is 5.92 Å². The Hall–Kier alpha value is -2.90. The summed E-state index contributed by atoms with van der Waals surface area (Å²) in [5.74, 6) is 0.668. The van der Waals surface area contributed by atoms with E-state index in [0.29, 0.717) is 32.0 Å². The molecule has 1 fully saturated rings. The molecule has 154 valence electrons. The highest BCUT2D eigenvalue weighted by atomic mass is 35.5. The van der Waals surface area contributed by atoms with E-state index in [2.05, 4.69) is 15.6 Å².